The minimum absolute atomic E-state index is 0.210. The van der Waals surface area contributed by atoms with Crippen molar-refractivity contribution in [3.8, 4) is 5.75 Å². The van der Waals surface area contributed by atoms with E-state index in [1.54, 1.807) is 7.11 Å². The summed E-state index contributed by atoms with van der Waals surface area (Å²) in [4.78, 5) is 8.88. The summed E-state index contributed by atoms with van der Waals surface area (Å²) in [5.41, 5.74) is 7.67. The van der Waals surface area contributed by atoms with E-state index in [9.17, 15) is 0 Å². The maximum absolute atomic E-state index is 5.98. The lowest BCUT2D eigenvalue weighted by atomic mass is 10.2. The maximum atomic E-state index is 5.98. The fourth-order valence-electron chi connectivity index (χ4n) is 1.79. The Morgan fingerprint density at radius 3 is 2.62 bits per heavy atom. The average Bonchev–Trinajstić information content (AvgIpc) is 2.45. The zero-order chi connectivity index (χ0) is 15.6. The molecule has 2 rings (SSSR count). The molecule has 0 bridgehead atoms. The van der Waals surface area contributed by atoms with Crippen LogP contribution in [-0.2, 0) is 0 Å². The highest BCUT2D eigenvalue weighted by atomic mass is 79.9. The van der Waals surface area contributed by atoms with Gasteiger partial charge in [-0.2, -0.15) is 0 Å². The summed E-state index contributed by atoms with van der Waals surface area (Å²) in [6.45, 7) is 5.97. The number of hydrogen-bond acceptors (Lipinski definition) is 5. The van der Waals surface area contributed by atoms with Gasteiger partial charge in [0.2, 0.25) is 0 Å². The molecule has 0 aliphatic carbocycles. The summed E-state index contributed by atoms with van der Waals surface area (Å²) < 4.78 is 6.17. The van der Waals surface area contributed by atoms with Gasteiger partial charge >= 0.3 is 0 Å². The van der Waals surface area contributed by atoms with Crippen LogP contribution in [0, 0.1) is 6.92 Å². The van der Waals surface area contributed by atoms with E-state index < -0.39 is 0 Å². The third-order valence-corrected chi connectivity index (χ3v) is 3.84. The van der Waals surface area contributed by atoms with E-state index in [4.69, 9.17) is 10.5 Å². The summed E-state index contributed by atoms with van der Waals surface area (Å²) in [5.74, 6) is 2.90. The van der Waals surface area contributed by atoms with Crippen LogP contribution in [0.25, 0.3) is 0 Å². The van der Waals surface area contributed by atoms with Gasteiger partial charge in [0.05, 0.1) is 12.8 Å². The number of anilines is 3. The fraction of sp³-hybridized carbons (Fsp3) is 0.333. The van der Waals surface area contributed by atoms with Crippen molar-refractivity contribution in [1.82, 2.24) is 9.97 Å². The van der Waals surface area contributed by atoms with Gasteiger partial charge in [-0.3, -0.25) is 0 Å². The third kappa shape index (κ3) is 3.44. The second-order valence-electron chi connectivity index (χ2n) is 5.07. The number of methoxy groups -OCH3 is 1. The summed E-state index contributed by atoms with van der Waals surface area (Å²) in [5, 5.41) is 3.29. The van der Waals surface area contributed by atoms with Crippen molar-refractivity contribution >= 4 is 33.3 Å². The van der Waals surface area contributed by atoms with Gasteiger partial charge in [0.15, 0.2) is 0 Å². The first-order valence-electron chi connectivity index (χ1n) is 6.67. The Hall–Kier alpha value is -1.82. The van der Waals surface area contributed by atoms with Gasteiger partial charge < -0.3 is 15.8 Å². The quantitative estimate of drug-likeness (QED) is 0.871. The summed E-state index contributed by atoms with van der Waals surface area (Å²) >= 11 is 3.51. The molecule has 112 valence electrons. The number of halogens is 1. The molecular formula is C15H19BrN4O. The van der Waals surface area contributed by atoms with E-state index in [0.717, 1.165) is 27.3 Å². The molecule has 0 aliphatic heterocycles. The Balaban J connectivity index is 2.43. The van der Waals surface area contributed by atoms with Crippen LogP contribution in [0.4, 0.5) is 17.3 Å². The average molecular weight is 351 g/mol. The molecule has 0 spiro atoms. The summed E-state index contributed by atoms with van der Waals surface area (Å²) in [6.07, 6.45) is 0. The van der Waals surface area contributed by atoms with Gasteiger partial charge in [0.1, 0.15) is 23.2 Å². The van der Waals surface area contributed by atoms with Crippen molar-refractivity contribution < 1.29 is 4.74 Å². The predicted octanol–water partition coefficient (Wildman–Crippen LogP) is 4.01. The van der Waals surface area contributed by atoms with Gasteiger partial charge in [0, 0.05) is 22.0 Å². The van der Waals surface area contributed by atoms with Crippen LogP contribution in [0.1, 0.15) is 31.2 Å². The highest BCUT2D eigenvalue weighted by Crippen LogP contribution is 2.31. The van der Waals surface area contributed by atoms with Crippen molar-refractivity contribution in [2.45, 2.75) is 26.7 Å². The molecule has 3 N–H and O–H groups in total. The van der Waals surface area contributed by atoms with Crippen molar-refractivity contribution in [3.05, 3.63) is 34.1 Å². The summed E-state index contributed by atoms with van der Waals surface area (Å²) in [7, 11) is 1.64. The molecule has 2 aromatic rings. The number of hydrogen-bond donors (Lipinski definition) is 2. The Morgan fingerprint density at radius 2 is 2.00 bits per heavy atom. The number of nitrogens with one attached hydrogen (secondary N) is 1. The lowest BCUT2D eigenvalue weighted by Crippen LogP contribution is -2.08. The minimum Gasteiger partial charge on any atom is -0.497 e. The van der Waals surface area contributed by atoms with Crippen molar-refractivity contribution in [2.24, 2.45) is 0 Å². The molecule has 0 saturated carbocycles. The highest BCUT2D eigenvalue weighted by molar-refractivity contribution is 9.10. The zero-order valence-electron chi connectivity index (χ0n) is 12.6. The van der Waals surface area contributed by atoms with Crippen molar-refractivity contribution in [2.75, 3.05) is 18.2 Å². The van der Waals surface area contributed by atoms with Crippen LogP contribution < -0.4 is 15.8 Å². The monoisotopic (exact) mass is 350 g/mol. The summed E-state index contributed by atoms with van der Waals surface area (Å²) in [6, 6.07) is 5.71. The standard InChI is InChI=1S/C15H19BrN4O/c1-8(2)14-19-13(17)9(3)15(20-14)18-12-7-10(21-4)5-6-11(12)16/h5-8H,1-4H3,(H3,17,18,19,20). The molecule has 1 aromatic heterocycles. The van der Waals surface area contributed by atoms with Crippen molar-refractivity contribution in [3.63, 3.8) is 0 Å². The topological polar surface area (TPSA) is 73.1 Å². The lowest BCUT2D eigenvalue weighted by Gasteiger charge is -2.15. The Bertz CT molecular complexity index is 658. The molecule has 1 aromatic carbocycles. The highest BCUT2D eigenvalue weighted by Gasteiger charge is 2.12. The Kier molecular flexibility index (Phi) is 4.67. The van der Waals surface area contributed by atoms with Crippen LogP contribution in [-0.4, -0.2) is 17.1 Å². The van der Waals surface area contributed by atoms with Gasteiger partial charge in [-0.25, -0.2) is 9.97 Å². The molecule has 0 atom stereocenters. The SMILES string of the molecule is COc1ccc(Br)c(Nc2nc(C(C)C)nc(N)c2C)c1. The van der Waals surface area contributed by atoms with Crippen LogP contribution in [0.15, 0.2) is 22.7 Å². The number of aromatic nitrogens is 2. The number of nitrogens with zero attached hydrogens (tertiary/aromatic N) is 2. The smallest absolute Gasteiger partial charge is 0.139 e. The van der Waals surface area contributed by atoms with E-state index in [0.29, 0.717) is 11.6 Å². The molecule has 0 amide bonds. The number of benzene rings is 1. The minimum atomic E-state index is 0.210. The molecule has 0 fully saturated rings. The van der Waals surface area contributed by atoms with Gasteiger partial charge in [0.25, 0.3) is 0 Å². The van der Waals surface area contributed by atoms with Crippen LogP contribution in [0.2, 0.25) is 0 Å². The molecule has 0 saturated heterocycles. The number of rotatable bonds is 4. The molecule has 0 aliphatic rings. The molecule has 1 heterocycles. The van der Waals surface area contributed by atoms with E-state index in [1.165, 1.54) is 0 Å². The third-order valence-electron chi connectivity index (χ3n) is 3.14. The lowest BCUT2D eigenvalue weighted by molar-refractivity contribution is 0.415. The predicted molar refractivity (Wildman–Crippen MR) is 89.2 cm³/mol. The number of ether oxygens (including phenoxy) is 1. The largest absolute Gasteiger partial charge is 0.497 e. The zero-order valence-corrected chi connectivity index (χ0v) is 14.2. The number of nitrogen functional groups attached to an aromatic ring is 1. The first kappa shape index (κ1) is 15.6. The number of nitrogens with two attached hydrogens (primary N) is 1. The molecular weight excluding hydrogens is 332 g/mol. The van der Waals surface area contributed by atoms with E-state index in [2.05, 4.69) is 31.2 Å². The Labute approximate surface area is 133 Å². The van der Waals surface area contributed by atoms with Crippen LogP contribution >= 0.6 is 15.9 Å². The maximum Gasteiger partial charge on any atom is 0.139 e. The first-order valence-corrected chi connectivity index (χ1v) is 7.46. The van der Waals surface area contributed by atoms with Crippen molar-refractivity contribution in [1.29, 1.82) is 0 Å². The Morgan fingerprint density at radius 1 is 1.29 bits per heavy atom. The van der Waals surface area contributed by atoms with E-state index >= 15 is 0 Å². The van der Waals surface area contributed by atoms with E-state index in [1.807, 2.05) is 39.0 Å². The van der Waals surface area contributed by atoms with E-state index in [-0.39, 0.29) is 5.92 Å². The molecule has 5 nitrogen and oxygen atoms in total. The fourth-order valence-corrected chi connectivity index (χ4v) is 2.13. The van der Waals surface area contributed by atoms with Gasteiger partial charge in [-0.15, -0.1) is 0 Å². The van der Waals surface area contributed by atoms with Gasteiger partial charge in [-0.1, -0.05) is 13.8 Å². The van der Waals surface area contributed by atoms with Gasteiger partial charge in [-0.05, 0) is 35.0 Å². The first-order chi connectivity index (χ1) is 9.92. The second-order valence-corrected chi connectivity index (χ2v) is 5.92. The second kappa shape index (κ2) is 6.30. The van der Waals surface area contributed by atoms with Crippen LogP contribution in [0.5, 0.6) is 5.75 Å². The normalized spacial score (nSPS) is 10.8. The molecule has 0 unspecified atom stereocenters. The van der Waals surface area contributed by atoms with Crippen LogP contribution in [0.3, 0.4) is 0 Å². The molecule has 21 heavy (non-hydrogen) atoms. The molecule has 0 radical (unpaired) electrons. The molecule has 6 heteroatoms.